The van der Waals surface area contributed by atoms with Crippen molar-refractivity contribution in [2.24, 2.45) is 0 Å². The molecule has 11 nitrogen and oxygen atoms in total. The summed E-state index contributed by atoms with van der Waals surface area (Å²) in [6, 6.07) is 0. The van der Waals surface area contributed by atoms with Crippen LogP contribution in [0, 0.1) is 10.1 Å². The maximum atomic E-state index is 11.7. The molecule has 1 aliphatic rings. The molecule has 0 spiro atoms. The van der Waals surface area contributed by atoms with Crippen molar-refractivity contribution in [3.05, 3.63) is 22.5 Å². The lowest BCUT2D eigenvalue weighted by atomic mass is 10.1. The fourth-order valence-electron chi connectivity index (χ4n) is 2.87. The molecule has 0 aliphatic carbocycles. The lowest BCUT2D eigenvalue weighted by molar-refractivity contribution is -0.398. The van der Waals surface area contributed by atoms with Gasteiger partial charge in [-0.2, -0.15) is 4.57 Å². The number of esters is 2. The van der Waals surface area contributed by atoms with Crippen molar-refractivity contribution in [3.63, 3.8) is 0 Å². The molecule has 1 aliphatic heterocycles. The van der Waals surface area contributed by atoms with Gasteiger partial charge >= 0.3 is 17.9 Å². The summed E-state index contributed by atoms with van der Waals surface area (Å²) in [5.41, 5.74) is 0. The number of carbonyl (C=O) groups is 2. The summed E-state index contributed by atoms with van der Waals surface area (Å²) in [6.45, 7) is 12.9. The molecule has 168 valence electrons. The predicted octanol–water partition coefficient (Wildman–Crippen LogP) is 2.57. The second kappa shape index (κ2) is 8.82. The second-order valence-corrected chi connectivity index (χ2v) is 13.5. The van der Waals surface area contributed by atoms with Gasteiger partial charge in [-0.3, -0.25) is 9.59 Å². The van der Waals surface area contributed by atoms with Gasteiger partial charge in [0, 0.05) is 13.8 Å². The van der Waals surface area contributed by atoms with Crippen LogP contribution in [0.25, 0.3) is 0 Å². The minimum atomic E-state index is -2.17. The monoisotopic (exact) mass is 443 g/mol. The number of ether oxygens (including phenoxy) is 3. The summed E-state index contributed by atoms with van der Waals surface area (Å²) < 4.78 is 24.1. The third-order valence-electron chi connectivity index (χ3n) is 5.39. The smallest absolute Gasteiger partial charge is 0.436 e. The van der Waals surface area contributed by atoms with Crippen LogP contribution < -0.4 is 0 Å². The van der Waals surface area contributed by atoms with Crippen molar-refractivity contribution in [1.82, 2.24) is 9.55 Å². The average Bonchev–Trinajstić information content (AvgIpc) is 3.17. The zero-order valence-corrected chi connectivity index (χ0v) is 19.3. The largest absolute Gasteiger partial charge is 0.455 e. The van der Waals surface area contributed by atoms with Crippen molar-refractivity contribution in [2.75, 3.05) is 6.61 Å². The highest BCUT2D eigenvalue weighted by Gasteiger charge is 2.53. The molecule has 0 N–H and O–H groups in total. The Labute approximate surface area is 175 Å². The van der Waals surface area contributed by atoms with Gasteiger partial charge in [0.15, 0.2) is 20.5 Å². The molecule has 12 heteroatoms. The quantitative estimate of drug-likeness (QED) is 0.270. The molecule has 1 aromatic rings. The van der Waals surface area contributed by atoms with Crippen LogP contribution in [0.2, 0.25) is 18.1 Å². The molecule has 2 heterocycles. The number of hydrogen-bond acceptors (Lipinski definition) is 9. The maximum absolute atomic E-state index is 11.7. The second-order valence-electron chi connectivity index (χ2n) is 8.68. The Bertz CT molecular complexity index is 804. The van der Waals surface area contributed by atoms with E-state index in [0.29, 0.717) is 0 Å². The van der Waals surface area contributed by atoms with Gasteiger partial charge < -0.3 is 28.8 Å². The van der Waals surface area contributed by atoms with Crippen molar-refractivity contribution in [1.29, 1.82) is 0 Å². The fourth-order valence-corrected chi connectivity index (χ4v) is 3.88. The highest BCUT2D eigenvalue weighted by atomic mass is 28.4. The predicted molar refractivity (Wildman–Crippen MR) is 107 cm³/mol. The van der Waals surface area contributed by atoms with Crippen molar-refractivity contribution in [3.8, 4) is 0 Å². The van der Waals surface area contributed by atoms with Gasteiger partial charge in [0.2, 0.25) is 6.23 Å². The third kappa shape index (κ3) is 5.23. The van der Waals surface area contributed by atoms with Crippen LogP contribution in [-0.4, -0.2) is 59.6 Å². The minimum absolute atomic E-state index is 0.0691. The molecular weight excluding hydrogens is 414 g/mol. The van der Waals surface area contributed by atoms with Gasteiger partial charge in [0.1, 0.15) is 18.5 Å². The number of nitrogens with zero attached hydrogens (tertiary/aromatic N) is 3. The van der Waals surface area contributed by atoms with Gasteiger partial charge in [-0.15, -0.1) is 0 Å². The van der Waals surface area contributed by atoms with E-state index >= 15 is 0 Å². The first-order valence-corrected chi connectivity index (χ1v) is 12.5. The molecule has 4 atom stereocenters. The molecule has 0 unspecified atom stereocenters. The first kappa shape index (κ1) is 24.0. The van der Waals surface area contributed by atoms with Gasteiger partial charge in [0.05, 0.1) is 6.61 Å². The van der Waals surface area contributed by atoms with Gasteiger partial charge in [-0.25, -0.2) is 0 Å². The zero-order valence-electron chi connectivity index (χ0n) is 18.3. The minimum Gasteiger partial charge on any atom is -0.455 e. The summed E-state index contributed by atoms with van der Waals surface area (Å²) in [5, 5.41) is 11.3. The van der Waals surface area contributed by atoms with Crippen LogP contribution in [0.4, 0.5) is 5.95 Å². The Hall–Kier alpha value is -2.31. The standard InChI is InChI=1S/C18H29N3O8Si/c1-11(22)27-14-13(10-26-30(6,7)18(3,4)5)29-16(15(14)28-12(2)23)20-9-8-19-17(20)21(24)25/h8-9,13-16H,10H2,1-7H3/t13-,14-,15+,16+/m1/s1. The average molecular weight is 444 g/mol. The van der Waals surface area contributed by atoms with E-state index in [1.807, 2.05) is 0 Å². The number of nitro groups is 1. The highest BCUT2D eigenvalue weighted by molar-refractivity contribution is 6.74. The van der Waals surface area contributed by atoms with Crippen molar-refractivity contribution < 1.29 is 33.1 Å². The van der Waals surface area contributed by atoms with Crippen LogP contribution in [0.3, 0.4) is 0 Å². The first-order valence-electron chi connectivity index (χ1n) is 9.55. The van der Waals surface area contributed by atoms with Gasteiger partial charge in [0.25, 0.3) is 0 Å². The molecule has 1 fully saturated rings. The van der Waals surface area contributed by atoms with Crippen LogP contribution in [0.5, 0.6) is 0 Å². The lowest BCUT2D eigenvalue weighted by Crippen LogP contribution is -2.46. The molecule has 2 rings (SSSR count). The molecule has 0 bridgehead atoms. The van der Waals surface area contributed by atoms with Gasteiger partial charge in [-0.05, 0) is 23.1 Å². The Kier molecular flexibility index (Phi) is 7.04. The van der Waals surface area contributed by atoms with Crippen molar-refractivity contribution in [2.45, 2.75) is 77.3 Å². The molecule has 0 saturated carbocycles. The molecule has 30 heavy (non-hydrogen) atoms. The van der Waals surface area contributed by atoms with E-state index in [4.69, 9.17) is 18.6 Å². The summed E-state index contributed by atoms with van der Waals surface area (Å²) in [4.78, 5) is 37.8. The molecule has 0 radical (unpaired) electrons. The van der Waals surface area contributed by atoms with Crippen LogP contribution >= 0.6 is 0 Å². The molecule has 1 aromatic heterocycles. The normalized spacial score (nSPS) is 24.5. The Morgan fingerprint density at radius 1 is 1.23 bits per heavy atom. The van der Waals surface area contributed by atoms with E-state index < -0.39 is 55.7 Å². The maximum Gasteiger partial charge on any atom is 0.436 e. The number of hydrogen-bond donors (Lipinski definition) is 0. The number of rotatable bonds is 7. The molecule has 1 saturated heterocycles. The van der Waals surface area contributed by atoms with E-state index in [2.05, 4.69) is 38.8 Å². The summed E-state index contributed by atoms with van der Waals surface area (Å²) in [5.74, 6) is -1.72. The lowest BCUT2D eigenvalue weighted by Gasteiger charge is -2.37. The van der Waals surface area contributed by atoms with E-state index in [9.17, 15) is 19.7 Å². The van der Waals surface area contributed by atoms with Crippen LogP contribution in [0.15, 0.2) is 12.4 Å². The zero-order chi connectivity index (χ0) is 22.9. The third-order valence-corrected chi connectivity index (χ3v) is 9.89. The Balaban J connectivity index is 2.38. The molecule has 0 aromatic carbocycles. The summed E-state index contributed by atoms with van der Waals surface area (Å²) >= 11 is 0. The van der Waals surface area contributed by atoms with E-state index in [1.165, 1.54) is 26.2 Å². The van der Waals surface area contributed by atoms with E-state index in [0.717, 1.165) is 4.57 Å². The molecule has 0 amide bonds. The first-order chi connectivity index (χ1) is 13.7. The van der Waals surface area contributed by atoms with Crippen LogP contribution in [-0.2, 0) is 28.2 Å². The van der Waals surface area contributed by atoms with E-state index in [-0.39, 0.29) is 11.6 Å². The Morgan fingerprint density at radius 2 is 1.80 bits per heavy atom. The molecular formula is C18H29N3O8Si. The summed E-state index contributed by atoms with van der Waals surface area (Å²) in [7, 11) is -2.17. The SMILES string of the molecule is CC(=O)O[C@H]1[C@H](OC(C)=O)[C@@H](n2ccnc2[N+](=O)[O-])O[C@@H]1CO[Si](C)(C)C(C)(C)C. The van der Waals surface area contributed by atoms with E-state index in [1.54, 1.807) is 0 Å². The fraction of sp³-hybridized carbons (Fsp3) is 0.722. The van der Waals surface area contributed by atoms with Crippen LogP contribution in [0.1, 0.15) is 40.8 Å². The highest BCUT2D eigenvalue weighted by Crippen LogP contribution is 2.39. The number of imidazole rings is 1. The van der Waals surface area contributed by atoms with Gasteiger partial charge in [-0.1, -0.05) is 25.8 Å². The Morgan fingerprint density at radius 3 is 2.30 bits per heavy atom. The number of carbonyl (C=O) groups excluding carboxylic acids is 2. The number of aromatic nitrogens is 2. The van der Waals surface area contributed by atoms with Crippen molar-refractivity contribution >= 4 is 26.2 Å². The summed E-state index contributed by atoms with van der Waals surface area (Å²) in [6.07, 6.45) is -1.41. The topological polar surface area (TPSA) is 132 Å².